The van der Waals surface area contributed by atoms with Crippen molar-refractivity contribution in [3.8, 4) is 0 Å². The standard InChI is InChI=1S/C4H3F3N2/c5-4(6,7)3-1-8-2-9-3/h1-2H,(H,8,9)/p+1. The molecule has 0 aromatic carbocycles. The highest BCUT2D eigenvalue weighted by molar-refractivity contribution is 4.94. The molecule has 0 fully saturated rings. The van der Waals surface area contributed by atoms with Crippen LogP contribution in [0.25, 0.3) is 0 Å². The fourth-order valence-corrected chi connectivity index (χ4v) is 0.450. The van der Waals surface area contributed by atoms with Crippen molar-refractivity contribution in [3.05, 3.63) is 18.2 Å². The Balaban J connectivity index is 2.90. The third-order valence-electron chi connectivity index (χ3n) is 0.844. The molecule has 1 aromatic heterocycles. The van der Waals surface area contributed by atoms with Crippen molar-refractivity contribution in [3.63, 3.8) is 0 Å². The van der Waals surface area contributed by atoms with Crippen LogP contribution in [0.4, 0.5) is 13.2 Å². The van der Waals surface area contributed by atoms with Crippen LogP contribution in [0.3, 0.4) is 0 Å². The number of rotatable bonds is 0. The summed E-state index contributed by atoms with van der Waals surface area (Å²) in [5.74, 6) is 0. The first-order valence-corrected chi connectivity index (χ1v) is 2.22. The quantitative estimate of drug-likeness (QED) is 0.549. The van der Waals surface area contributed by atoms with Gasteiger partial charge in [0, 0.05) is 0 Å². The molecule has 2 N–H and O–H groups in total. The Bertz CT molecular complexity index is 176. The fraction of sp³-hybridized carbons (Fsp3) is 0.250. The van der Waals surface area contributed by atoms with Crippen molar-refractivity contribution >= 4 is 0 Å². The van der Waals surface area contributed by atoms with E-state index in [1.807, 2.05) is 4.98 Å². The van der Waals surface area contributed by atoms with E-state index >= 15 is 0 Å². The summed E-state index contributed by atoms with van der Waals surface area (Å²) >= 11 is 0. The lowest BCUT2D eigenvalue weighted by Crippen LogP contribution is -2.05. The molecular weight excluding hydrogens is 133 g/mol. The predicted molar refractivity (Wildman–Crippen MR) is 22.4 cm³/mol. The van der Waals surface area contributed by atoms with Crippen LogP contribution in [-0.4, -0.2) is 4.98 Å². The third-order valence-corrected chi connectivity index (χ3v) is 0.844. The minimum atomic E-state index is -4.26. The average Bonchev–Trinajstić information content (AvgIpc) is 2.08. The molecule has 0 amide bonds. The van der Waals surface area contributed by atoms with Crippen molar-refractivity contribution < 1.29 is 18.2 Å². The van der Waals surface area contributed by atoms with Crippen LogP contribution in [0.15, 0.2) is 12.5 Å². The summed E-state index contributed by atoms with van der Waals surface area (Å²) in [4.78, 5) is 4.26. The topological polar surface area (TPSA) is 29.9 Å². The molecule has 5 heteroatoms. The average molecular weight is 137 g/mol. The number of aromatic amines is 2. The number of aromatic nitrogens is 2. The maximum Gasteiger partial charge on any atom is 0.457 e. The second-order valence-corrected chi connectivity index (χ2v) is 1.51. The van der Waals surface area contributed by atoms with Gasteiger partial charge in [0.1, 0.15) is 6.20 Å². The molecule has 1 heterocycles. The van der Waals surface area contributed by atoms with Gasteiger partial charge in [-0.1, -0.05) is 0 Å². The van der Waals surface area contributed by atoms with E-state index in [0.717, 1.165) is 12.5 Å². The lowest BCUT2D eigenvalue weighted by Gasteiger charge is -1.95. The van der Waals surface area contributed by atoms with Gasteiger partial charge in [-0.15, -0.1) is 0 Å². The molecule has 1 aromatic rings. The Hall–Kier alpha value is -1.00. The zero-order chi connectivity index (χ0) is 6.91. The van der Waals surface area contributed by atoms with Gasteiger partial charge >= 0.3 is 6.18 Å². The zero-order valence-corrected chi connectivity index (χ0v) is 4.29. The first-order valence-electron chi connectivity index (χ1n) is 2.22. The van der Waals surface area contributed by atoms with Gasteiger partial charge in [0.25, 0.3) is 0 Å². The van der Waals surface area contributed by atoms with Crippen LogP contribution in [0.2, 0.25) is 0 Å². The highest BCUT2D eigenvalue weighted by Gasteiger charge is 2.36. The molecule has 9 heavy (non-hydrogen) atoms. The van der Waals surface area contributed by atoms with Gasteiger partial charge < -0.3 is 0 Å². The monoisotopic (exact) mass is 137 g/mol. The Morgan fingerprint density at radius 1 is 1.44 bits per heavy atom. The van der Waals surface area contributed by atoms with Crippen LogP contribution in [0.1, 0.15) is 5.69 Å². The van der Waals surface area contributed by atoms with Crippen molar-refractivity contribution in [2.75, 3.05) is 0 Å². The highest BCUT2D eigenvalue weighted by Crippen LogP contribution is 2.25. The van der Waals surface area contributed by atoms with Crippen LogP contribution in [0.5, 0.6) is 0 Å². The number of imidazole rings is 1. The van der Waals surface area contributed by atoms with Crippen LogP contribution in [-0.2, 0) is 6.18 Å². The van der Waals surface area contributed by atoms with E-state index in [1.54, 1.807) is 0 Å². The SMILES string of the molecule is FC(F)(F)c1c[nH+]c[nH]1. The molecule has 2 nitrogen and oxygen atoms in total. The van der Waals surface area contributed by atoms with E-state index in [9.17, 15) is 13.2 Å². The highest BCUT2D eigenvalue weighted by atomic mass is 19.4. The fourth-order valence-electron chi connectivity index (χ4n) is 0.450. The van der Waals surface area contributed by atoms with Crippen molar-refractivity contribution in [2.45, 2.75) is 6.18 Å². The normalized spacial score (nSPS) is 11.9. The van der Waals surface area contributed by atoms with Gasteiger partial charge in [-0.05, 0) is 0 Å². The minimum Gasteiger partial charge on any atom is -0.250 e. The number of nitrogens with one attached hydrogen (secondary N) is 2. The van der Waals surface area contributed by atoms with Gasteiger partial charge in [0.15, 0.2) is 0 Å². The summed E-state index contributed by atoms with van der Waals surface area (Å²) < 4.78 is 34.7. The van der Waals surface area contributed by atoms with Gasteiger partial charge in [-0.3, -0.25) is 0 Å². The molecule has 0 atom stereocenters. The lowest BCUT2D eigenvalue weighted by molar-refractivity contribution is -0.377. The van der Waals surface area contributed by atoms with Crippen molar-refractivity contribution in [1.82, 2.24) is 4.98 Å². The number of hydrogen-bond donors (Lipinski definition) is 1. The summed E-state index contributed by atoms with van der Waals surface area (Å²) in [6.07, 6.45) is -2.29. The van der Waals surface area contributed by atoms with E-state index in [0.29, 0.717) is 0 Å². The first kappa shape index (κ1) is 6.12. The predicted octanol–water partition coefficient (Wildman–Crippen LogP) is 0.848. The van der Waals surface area contributed by atoms with Crippen molar-refractivity contribution in [1.29, 1.82) is 0 Å². The minimum absolute atomic E-state index is 0.762. The number of halogens is 3. The Morgan fingerprint density at radius 3 is 2.33 bits per heavy atom. The first-order chi connectivity index (χ1) is 4.11. The van der Waals surface area contributed by atoms with Gasteiger partial charge in [-0.2, -0.15) is 13.2 Å². The van der Waals surface area contributed by atoms with Gasteiger partial charge in [0.05, 0.1) is 0 Å². The molecule has 0 bridgehead atoms. The molecule has 0 saturated carbocycles. The summed E-state index contributed by atoms with van der Waals surface area (Å²) in [5, 5.41) is 0. The van der Waals surface area contributed by atoms with Gasteiger partial charge in [-0.25, -0.2) is 9.97 Å². The van der Waals surface area contributed by atoms with E-state index in [1.165, 1.54) is 0 Å². The molecule has 0 unspecified atom stereocenters. The Labute approximate surface area is 48.7 Å². The molecule has 0 radical (unpaired) electrons. The van der Waals surface area contributed by atoms with Crippen LogP contribution in [0, 0.1) is 0 Å². The molecule has 50 valence electrons. The second-order valence-electron chi connectivity index (χ2n) is 1.51. The molecule has 0 aliphatic carbocycles. The smallest absolute Gasteiger partial charge is 0.250 e. The number of alkyl halides is 3. The molecule has 1 rings (SSSR count). The third kappa shape index (κ3) is 1.22. The number of H-pyrrole nitrogens is 2. The zero-order valence-electron chi connectivity index (χ0n) is 4.29. The van der Waals surface area contributed by atoms with E-state index < -0.39 is 11.9 Å². The van der Waals surface area contributed by atoms with Crippen molar-refractivity contribution in [2.24, 2.45) is 0 Å². The van der Waals surface area contributed by atoms with Crippen LogP contribution < -0.4 is 4.98 Å². The molecule has 0 aliphatic rings. The molecule has 0 aliphatic heterocycles. The van der Waals surface area contributed by atoms with Crippen LogP contribution >= 0.6 is 0 Å². The maximum atomic E-state index is 11.6. The lowest BCUT2D eigenvalue weighted by atomic mass is 10.5. The second kappa shape index (κ2) is 1.75. The van der Waals surface area contributed by atoms with E-state index in [2.05, 4.69) is 4.98 Å². The summed E-state index contributed by atoms with van der Waals surface area (Å²) in [7, 11) is 0. The van der Waals surface area contributed by atoms with Gasteiger partial charge in [0.2, 0.25) is 12.0 Å². The van der Waals surface area contributed by atoms with E-state index in [-0.39, 0.29) is 0 Å². The summed E-state index contributed by atoms with van der Waals surface area (Å²) in [5.41, 5.74) is -0.762. The Morgan fingerprint density at radius 2 is 2.11 bits per heavy atom. The van der Waals surface area contributed by atoms with E-state index in [4.69, 9.17) is 0 Å². The summed E-state index contributed by atoms with van der Waals surface area (Å²) in [6.45, 7) is 0. The molecular formula is C4H4F3N2+. The number of hydrogen-bond acceptors (Lipinski definition) is 0. The molecule has 0 saturated heterocycles. The largest absolute Gasteiger partial charge is 0.457 e. The Kier molecular flexibility index (Phi) is 1.19. The molecule has 0 spiro atoms. The summed E-state index contributed by atoms with van der Waals surface area (Å²) in [6, 6.07) is 0. The maximum absolute atomic E-state index is 11.6.